The third-order valence-corrected chi connectivity index (χ3v) is 1.19. The van der Waals surface area contributed by atoms with E-state index in [1.54, 1.807) is 18.2 Å². The second-order valence-corrected chi connectivity index (χ2v) is 2.07. The SMILES string of the molecule is [O]C(=O)OOC(=O)c1ccccc1. The summed E-state index contributed by atoms with van der Waals surface area (Å²) in [6.45, 7) is 0. The molecule has 1 radical (unpaired) electrons. The third kappa shape index (κ3) is 2.82. The molecule has 0 fully saturated rings. The predicted molar refractivity (Wildman–Crippen MR) is 39.0 cm³/mol. The van der Waals surface area contributed by atoms with Crippen molar-refractivity contribution < 1.29 is 24.5 Å². The van der Waals surface area contributed by atoms with Crippen LogP contribution in [0.15, 0.2) is 30.3 Å². The zero-order valence-corrected chi connectivity index (χ0v) is 6.43. The molecular formula is C8H5O5. The van der Waals surface area contributed by atoms with E-state index < -0.39 is 12.1 Å². The highest BCUT2D eigenvalue weighted by atomic mass is 17.2. The Bertz CT molecular complexity index is 306. The first kappa shape index (κ1) is 9.05. The van der Waals surface area contributed by atoms with E-state index in [9.17, 15) is 14.7 Å². The lowest BCUT2D eigenvalue weighted by Crippen LogP contribution is -2.08. The van der Waals surface area contributed by atoms with Crippen molar-refractivity contribution in [1.82, 2.24) is 0 Å². The van der Waals surface area contributed by atoms with Gasteiger partial charge in [0, 0.05) is 0 Å². The van der Waals surface area contributed by atoms with Crippen LogP contribution in [0.2, 0.25) is 0 Å². The van der Waals surface area contributed by atoms with E-state index in [0.29, 0.717) is 0 Å². The molecule has 0 saturated heterocycles. The fourth-order valence-electron chi connectivity index (χ4n) is 0.694. The zero-order chi connectivity index (χ0) is 9.68. The molecule has 0 aliphatic heterocycles. The minimum Gasteiger partial charge on any atom is -0.242 e. The number of hydrogen-bond donors (Lipinski definition) is 0. The van der Waals surface area contributed by atoms with Gasteiger partial charge in [-0.2, -0.15) is 9.90 Å². The molecule has 0 bridgehead atoms. The highest BCUT2D eigenvalue weighted by Gasteiger charge is 2.10. The maximum Gasteiger partial charge on any atom is 0.592 e. The summed E-state index contributed by atoms with van der Waals surface area (Å²) < 4.78 is 0. The molecule has 0 atom stereocenters. The van der Waals surface area contributed by atoms with Crippen LogP contribution < -0.4 is 0 Å². The van der Waals surface area contributed by atoms with Gasteiger partial charge in [0.25, 0.3) is 0 Å². The first-order valence-corrected chi connectivity index (χ1v) is 3.35. The van der Waals surface area contributed by atoms with Gasteiger partial charge in [0.05, 0.1) is 5.56 Å². The molecule has 0 aromatic heterocycles. The number of rotatable bonds is 1. The number of benzene rings is 1. The van der Waals surface area contributed by atoms with Crippen LogP contribution >= 0.6 is 0 Å². The van der Waals surface area contributed by atoms with Gasteiger partial charge in [0.15, 0.2) is 0 Å². The van der Waals surface area contributed by atoms with Crippen LogP contribution in [0.25, 0.3) is 0 Å². The Morgan fingerprint density at radius 2 is 1.62 bits per heavy atom. The summed E-state index contributed by atoms with van der Waals surface area (Å²) in [6.07, 6.45) is -1.91. The highest BCUT2D eigenvalue weighted by Crippen LogP contribution is 2.01. The lowest BCUT2D eigenvalue weighted by Gasteiger charge is -1.97. The first-order valence-electron chi connectivity index (χ1n) is 3.35. The average molecular weight is 181 g/mol. The van der Waals surface area contributed by atoms with Gasteiger partial charge in [0.1, 0.15) is 0 Å². The van der Waals surface area contributed by atoms with Gasteiger partial charge in [-0.05, 0) is 12.1 Å². The third-order valence-electron chi connectivity index (χ3n) is 1.19. The van der Waals surface area contributed by atoms with Crippen molar-refractivity contribution in [2.24, 2.45) is 0 Å². The summed E-state index contributed by atoms with van der Waals surface area (Å²) >= 11 is 0. The minimum atomic E-state index is -1.91. The molecule has 0 N–H and O–H groups in total. The van der Waals surface area contributed by atoms with Gasteiger partial charge in [0.2, 0.25) is 0 Å². The lowest BCUT2D eigenvalue weighted by atomic mass is 10.2. The van der Waals surface area contributed by atoms with E-state index in [1.165, 1.54) is 12.1 Å². The van der Waals surface area contributed by atoms with Crippen LogP contribution in [0.5, 0.6) is 0 Å². The van der Waals surface area contributed by atoms with Crippen LogP contribution in [0.3, 0.4) is 0 Å². The van der Waals surface area contributed by atoms with Crippen LogP contribution in [0, 0.1) is 0 Å². The molecule has 0 amide bonds. The van der Waals surface area contributed by atoms with Gasteiger partial charge < -0.3 is 0 Å². The second-order valence-electron chi connectivity index (χ2n) is 2.07. The molecule has 67 valence electrons. The van der Waals surface area contributed by atoms with Gasteiger partial charge >= 0.3 is 12.1 Å². The zero-order valence-electron chi connectivity index (χ0n) is 6.43. The monoisotopic (exact) mass is 181 g/mol. The van der Waals surface area contributed by atoms with Crippen molar-refractivity contribution >= 4 is 12.1 Å². The van der Waals surface area contributed by atoms with Crippen molar-refractivity contribution in [2.45, 2.75) is 0 Å². The summed E-state index contributed by atoms with van der Waals surface area (Å²) in [6, 6.07) is 7.84. The first-order chi connectivity index (χ1) is 6.20. The largest absolute Gasteiger partial charge is 0.592 e. The fourth-order valence-corrected chi connectivity index (χ4v) is 0.694. The van der Waals surface area contributed by atoms with E-state index in [0.717, 1.165) is 0 Å². The van der Waals surface area contributed by atoms with Crippen molar-refractivity contribution in [2.75, 3.05) is 0 Å². The van der Waals surface area contributed by atoms with E-state index >= 15 is 0 Å². The standard InChI is InChI=1S/C8H5O5/c9-7(12-13-8(10)11)6-4-2-1-3-5-6/h1-5H. The summed E-state index contributed by atoms with van der Waals surface area (Å²) in [4.78, 5) is 28.0. The van der Waals surface area contributed by atoms with Crippen LogP contribution in [0.1, 0.15) is 10.4 Å². The number of carbonyl (C=O) groups is 2. The van der Waals surface area contributed by atoms with Gasteiger partial charge in [-0.1, -0.05) is 18.2 Å². The lowest BCUT2D eigenvalue weighted by molar-refractivity contribution is -0.203. The van der Waals surface area contributed by atoms with E-state index in [2.05, 4.69) is 9.78 Å². The molecule has 1 aromatic carbocycles. The Morgan fingerprint density at radius 3 is 2.15 bits per heavy atom. The smallest absolute Gasteiger partial charge is 0.242 e. The van der Waals surface area contributed by atoms with Gasteiger partial charge in [-0.15, -0.1) is 0 Å². The van der Waals surface area contributed by atoms with Crippen molar-refractivity contribution in [3.63, 3.8) is 0 Å². The van der Waals surface area contributed by atoms with E-state index in [4.69, 9.17) is 0 Å². The Balaban J connectivity index is 2.54. The van der Waals surface area contributed by atoms with Crippen molar-refractivity contribution in [1.29, 1.82) is 0 Å². The molecule has 0 spiro atoms. The van der Waals surface area contributed by atoms with Gasteiger partial charge in [-0.25, -0.2) is 14.6 Å². The average Bonchev–Trinajstić information content (AvgIpc) is 2.15. The molecule has 1 rings (SSSR count). The highest BCUT2D eigenvalue weighted by molar-refractivity contribution is 5.89. The number of carbonyl (C=O) groups excluding carboxylic acids is 2. The molecule has 1 aromatic rings. The van der Waals surface area contributed by atoms with E-state index in [1.807, 2.05) is 0 Å². The Morgan fingerprint density at radius 1 is 1.00 bits per heavy atom. The Labute approximate surface area is 73.4 Å². The van der Waals surface area contributed by atoms with Crippen LogP contribution in [-0.4, -0.2) is 12.1 Å². The maximum absolute atomic E-state index is 10.9. The van der Waals surface area contributed by atoms with Crippen molar-refractivity contribution in [3.8, 4) is 0 Å². The molecule has 5 nitrogen and oxygen atoms in total. The topological polar surface area (TPSA) is 72.5 Å². The maximum atomic E-state index is 10.9. The molecule has 0 saturated carbocycles. The Kier molecular flexibility index (Phi) is 2.86. The second kappa shape index (κ2) is 4.10. The van der Waals surface area contributed by atoms with Crippen LogP contribution in [0.4, 0.5) is 4.79 Å². The fraction of sp³-hybridized carbons (Fsp3) is 0. The molecule has 5 heteroatoms. The number of hydrogen-bond acceptors (Lipinski definition) is 4. The molecule has 0 unspecified atom stereocenters. The summed E-state index contributed by atoms with van der Waals surface area (Å²) in [5.41, 5.74) is 0.198. The van der Waals surface area contributed by atoms with Gasteiger partial charge in [-0.3, -0.25) is 0 Å². The molecule has 0 aliphatic carbocycles. The summed E-state index contributed by atoms with van der Waals surface area (Å²) in [5, 5.41) is 9.72. The Hall–Kier alpha value is -2.04. The van der Waals surface area contributed by atoms with E-state index in [-0.39, 0.29) is 5.56 Å². The molecule has 0 aliphatic rings. The summed E-state index contributed by atoms with van der Waals surface area (Å²) in [7, 11) is 0. The van der Waals surface area contributed by atoms with Crippen LogP contribution in [-0.2, 0) is 14.9 Å². The molecule has 0 heterocycles. The summed E-state index contributed by atoms with van der Waals surface area (Å²) in [5.74, 6) is -0.884. The normalized spacial score (nSPS) is 8.92. The minimum absolute atomic E-state index is 0.198. The molecule has 13 heavy (non-hydrogen) atoms. The van der Waals surface area contributed by atoms with Crippen molar-refractivity contribution in [3.05, 3.63) is 35.9 Å². The predicted octanol–water partition coefficient (Wildman–Crippen LogP) is 1.33. The quantitative estimate of drug-likeness (QED) is 0.483. The molecular weight excluding hydrogens is 176 g/mol.